The molecule has 0 spiro atoms. The van der Waals surface area contributed by atoms with Gasteiger partial charge in [0, 0.05) is 9.82 Å². The van der Waals surface area contributed by atoms with Crippen molar-refractivity contribution in [3.8, 4) is 0 Å². The molecule has 22 heteroatoms. The van der Waals surface area contributed by atoms with Crippen LogP contribution in [0, 0.1) is 0 Å². The quantitative estimate of drug-likeness (QED) is 0.0555. The first-order valence-electron chi connectivity index (χ1n) is 19.7. The summed E-state index contributed by atoms with van der Waals surface area (Å²) in [4.78, 5) is 106. The summed E-state index contributed by atoms with van der Waals surface area (Å²) in [5, 5.41) is 22.2. The summed E-state index contributed by atoms with van der Waals surface area (Å²) in [5.74, 6) is -5.08. The molecule has 0 rings (SSSR count). The first-order chi connectivity index (χ1) is 27.1. The predicted molar refractivity (Wildman–Crippen MR) is 231 cm³/mol. The number of azide groups is 2. The molecule has 0 unspecified atom stereocenters. The molecule has 22 nitrogen and oxygen atoms in total. The Hall–Kier alpha value is -5.62. The maximum Gasteiger partial charge on any atom is 0.331 e. The number of nitrogens with one attached hydrogen (secondary N) is 6. The molecule has 0 radical (unpaired) electrons. The van der Waals surface area contributed by atoms with Crippen molar-refractivity contribution in [2.45, 2.75) is 208 Å². The van der Waals surface area contributed by atoms with Crippen molar-refractivity contribution in [1.29, 1.82) is 0 Å². The molecular weight excluding hydrogens is 809 g/mol. The van der Waals surface area contributed by atoms with Gasteiger partial charge in [-0.2, -0.15) is 0 Å². The third kappa shape index (κ3) is 19.0. The second-order valence-electron chi connectivity index (χ2n) is 21.0. The second-order valence-corrected chi connectivity index (χ2v) is 21.0. The van der Waals surface area contributed by atoms with Crippen molar-refractivity contribution in [3.05, 3.63) is 20.9 Å². The van der Waals surface area contributed by atoms with Gasteiger partial charge in [0.1, 0.15) is 55.5 Å². The van der Waals surface area contributed by atoms with Crippen LogP contribution in [0.4, 0.5) is 0 Å². The van der Waals surface area contributed by atoms with Gasteiger partial charge in [0.15, 0.2) is 0 Å². The minimum atomic E-state index is -1.42. The second kappa shape index (κ2) is 20.0. The van der Waals surface area contributed by atoms with Crippen molar-refractivity contribution < 1.29 is 47.8 Å². The average molecular weight is 881 g/mol. The summed E-state index contributed by atoms with van der Waals surface area (Å²) in [6.07, 6.45) is 0. The van der Waals surface area contributed by atoms with Crippen molar-refractivity contribution >= 4 is 47.4 Å². The summed E-state index contributed by atoms with van der Waals surface area (Å²) in [6.45, 7) is 33.6. The predicted octanol–water partition coefficient (Wildman–Crippen LogP) is 4.20. The molecule has 0 saturated heterocycles. The van der Waals surface area contributed by atoms with E-state index in [2.05, 4.69) is 52.0 Å². The molecular formula is C40H72N12O10. The van der Waals surface area contributed by atoms with Gasteiger partial charge in [-0.15, -0.1) is 0 Å². The number of rotatable bonds is 16. The van der Waals surface area contributed by atoms with Crippen LogP contribution < -0.4 is 31.9 Å². The number of hydrogen-bond acceptors (Lipinski definition) is 12. The lowest BCUT2D eigenvalue weighted by molar-refractivity contribution is -0.164. The van der Waals surface area contributed by atoms with Crippen LogP contribution in [0.5, 0.6) is 0 Å². The van der Waals surface area contributed by atoms with E-state index in [9.17, 15) is 38.4 Å². The lowest BCUT2D eigenvalue weighted by atomic mass is 9.95. The van der Waals surface area contributed by atoms with Crippen molar-refractivity contribution in [2.75, 3.05) is 0 Å². The van der Waals surface area contributed by atoms with Crippen LogP contribution in [-0.4, -0.2) is 103 Å². The van der Waals surface area contributed by atoms with Gasteiger partial charge >= 0.3 is 11.9 Å². The summed E-state index contributed by atoms with van der Waals surface area (Å²) in [5.41, 5.74) is 4.56. The summed E-state index contributed by atoms with van der Waals surface area (Å²) in [7, 11) is 0. The Balaban J connectivity index is 0. The van der Waals surface area contributed by atoms with Crippen LogP contribution in [0.1, 0.15) is 152 Å². The van der Waals surface area contributed by atoms with Gasteiger partial charge < -0.3 is 41.4 Å². The molecule has 0 aliphatic heterocycles. The Labute approximate surface area is 365 Å². The molecule has 0 aliphatic rings. The van der Waals surface area contributed by atoms with Crippen LogP contribution >= 0.6 is 0 Å². The van der Waals surface area contributed by atoms with Crippen molar-refractivity contribution in [2.24, 2.45) is 10.2 Å². The van der Waals surface area contributed by atoms with E-state index in [0.29, 0.717) is 0 Å². The molecule has 0 saturated carbocycles. The van der Waals surface area contributed by atoms with E-state index in [1.54, 1.807) is 41.5 Å². The number of ether oxygens (including phenoxy) is 2. The first kappa shape index (κ1) is 58.5. The van der Waals surface area contributed by atoms with Crippen LogP contribution in [0.2, 0.25) is 0 Å². The standard InChI is InChI=1S/2C20H36N6O5/c2*1-16(2,3)31-15(30)20(10,11)24-13(28)18(6,7)22-12(27)17(4,5)23-14(29)19(8,9)25-26-21/h2*1-11H3,(H,22,27)(H,23,29)(H,24,28). The molecule has 352 valence electrons. The molecule has 0 bridgehead atoms. The molecule has 62 heavy (non-hydrogen) atoms. The highest BCUT2D eigenvalue weighted by Gasteiger charge is 2.44. The molecule has 0 atom stereocenters. The normalized spacial score (nSPS) is 12.9. The molecule has 6 N–H and O–H groups in total. The highest BCUT2D eigenvalue weighted by Crippen LogP contribution is 2.20. The molecule has 0 aromatic heterocycles. The van der Waals surface area contributed by atoms with E-state index in [4.69, 9.17) is 20.5 Å². The number of carbonyl (C=O) groups is 8. The van der Waals surface area contributed by atoms with E-state index in [-0.39, 0.29) is 0 Å². The SMILES string of the molecule is CC(C)(C)OC(=O)C(C)(C)NC(=O)C(C)(C)NC(=O)C(C)(C)NC(=O)C(C)(C)N=[N+]=[N-].CC(C)(C)OC(=O)C(C)(C)NC(=O)C(C)(C)NC(=O)C(C)(C)NC(=O)C(C)(C)N=[N+]=[N-]. The van der Waals surface area contributed by atoms with Crippen molar-refractivity contribution in [1.82, 2.24) is 31.9 Å². The van der Waals surface area contributed by atoms with Gasteiger partial charge in [-0.05, 0) is 163 Å². The molecule has 0 aromatic carbocycles. The summed E-state index contributed by atoms with van der Waals surface area (Å²) < 4.78 is 10.6. The zero-order valence-corrected chi connectivity index (χ0v) is 40.8. The lowest BCUT2D eigenvalue weighted by Gasteiger charge is -2.35. The van der Waals surface area contributed by atoms with E-state index in [1.807, 2.05) is 0 Å². The maximum absolute atomic E-state index is 12.8. The fourth-order valence-corrected chi connectivity index (χ4v) is 4.09. The van der Waals surface area contributed by atoms with Gasteiger partial charge in [-0.3, -0.25) is 28.8 Å². The van der Waals surface area contributed by atoms with Crippen LogP contribution in [0.15, 0.2) is 10.2 Å². The number of esters is 2. The third-order valence-electron chi connectivity index (χ3n) is 8.35. The lowest BCUT2D eigenvalue weighted by Crippen LogP contribution is -2.66. The molecule has 0 fully saturated rings. The van der Waals surface area contributed by atoms with Gasteiger partial charge in [-0.1, -0.05) is 10.2 Å². The Morgan fingerprint density at radius 2 is 0.516 bits per heavy atom. The zero-order chi connectivity index (χ0) is 50.1. The average Bonchev–Trinajstić information content (AvgIpc) is 3.02. The number of hydrogen-bond donors (Lipinski definition) is 6. The van der Waals surface area contributed by atoms with Crippen molar-refractivity contribution in [3.63, 3.8) is 0 Å². The number of amides is 6. The topological polar surface area (TPSA) is 325 Å². The largest absolute Gasteiger partial charge is 0.458 e. The van der Waals surface area contributed by atoms with E-state index in [0.717, 1.165) is 0 Å². The summed E-state index contributed by atoms with van der Waals surface area (Å²) in [6, 6.07) is 0. The van der Waals surface area contributed by atoms with E-state index < -0.39 is 103 Å². The highest BCUT2D eigenvalue weighted by atomic mass is 16.6. The molecule has 0 aromatic rings. The smallest absolute Gasteiger partial charge is 0.331 e. The van der Waals surface area contributed by atoms with E-state index >= 15 is 0 Å². The minimum absolute atomic E-state index is 0.617. The number of carbonyl (C=O) groups excluding carboxylic acids is 8. The molecule has 6 amide bonds. The molecule has 0 heterocycles. The molecule has 0 aliphatic carbocycles. The fourth-order valence-electron chi connectivity index (χ4n) is 4.09. The van der Waals surface area contributed by atoms with E-state index in [1.165, 1.54) is 111 Å². The van der Waals surface area contributed by atoms with Gasteiger partial charge in [-0.25, -0.2) is 9.59 Å². The highest BCUT2D eigenvalue weighted by molar-refractivity contribution is 6.00. The van der Waals surface area contributed by atoms with Crippen LogP contribution in [0.25, 0.3) is 20.9 Å². The Bertz CT molecular complexity index is 1700. The summed E-state index contributed by atoms with van der Waals surface area (Å²) >= 11 is 0. The fraction of sp³-hybridized carbons (Fsp3) is 0.800. The van der Waals surface area contributed by atoms with Gasteiger partial charge in [0.2, 0.25) is 35.4 Å². The van der Waals surface area contributed by atoms with Crippen LogP contribution in [0.3, 0.4) is 0 Å². The number of nitrogens with zero attached hydrogens (tertiary/aromatic N) is 6. The monoisotopic (exact) mass is 881 g/mol. The third-order valence-corrected chi connectivity index (χ3v) is 8.35. The Morgan fingerprint density at radius 1 is 0.339 bits per heavy atom. The Morgan fingerprint density at radius 3 is 0.694 bits per heavy atom. The van der Waals surface area contributed by atoms with Crippen LogP contribution in [-0.2, 0) is 47.8 Å². The zero-order valence-electron chi connectivity index (χ0n) is 40.8. The van der Waals surface area contributed by atoms with Gasteiger partial charge in [0.05, 0.1) is 0 Å². The van der Waals surface area contributed by atoms with Gasteiger partial charge in [0.25, 0.3) is 0 Å². The Kier molecular flexibility index (Phi) is 18.9. The maximum atomic E-state index is 12.8. The first-order valence-corrected chi connectivity index (χ1v) is 19.7. The minimum Gasteiger partial charge on any atom is -0.458 e.